The number of fused-ring (bicyclic) bond motifs is 1. The van der Waals surface area contributed by atoms with Crippen LogP contribution in [0.15, 0.2) is 30.6 Å². The van der Waals surface area contributed by atoms with E-state index in [1.165, 1.54) is 0 Å². The summed E-state index contributed by atoms with van der Waals surface area (Å²) in [5, 5.41) is 21.4. The van der Waals surface area contributed by atoms with Crippen LogP contribution in [0.2, 0.25) is 0 Å². The van der Waals surface area contributed by atoms with Gasteiger partial charge in [0.05, 0.1) is 24.8 Å². The summed E-state index contributed by atoms with van der Waals surface area (Å²) in [5.41, 5.74) is 2.43. The Bertz CT molecular complexity index is 774. The lowest BCUT2D eigenvalue weighted by Crippen LogP contribution is -2.11. The minimum absolute atomic E-state index is 0.212. The summed E-state index contributed by atoms with van der Waals surface area (Å²) in [5.74, 6) is -0.978. The molecule has 0 atom stereocenters. The smallest absolute Gasteiger partial charge is 0.337 e. The van der Waals surface area contributed by atoms with Gasteiger partial charge in [0.25, 0.3) is 0 Å². The summed E-state index contributed by atoms with van der Waals surface area (Å²) in [6.07, 6.45) is 3.71. The maximum absolute atomic E-state index is 11.3. The van der Waals surface area contributed by atoms with E-state index in [1.807, 2.05) is 13.1 Å². The van der Waals surface area contributed by atoms with Crippen LogP contribution < -0.4 is 0 Å². The number of para-hydroxylation sites is 1. The average molecular weight is 271 g/mol. The fourth-order valence-electron chi connectivity index (χ4n) is 2.15. The van der Waals surface area contributed by atoms with Crippen molar-refractivity contribution in [3.05, 3.63) is 41.7 Å². The lowest BCUT2D eigenvalue weighted by Gasteiger charge is -2.04. The van der Waals surface area contributed by atoms with Gasteiger partial charge in [0, 0.05) is 6.20 Å². The van der Waals surface area contributed by atoms with Gasteiger partial charge in [-0.25, -0.2) is 9.48 Å². The van der Waals surface area contributed by atoms with E-state index in [9.17, 15) is 9.90 Å². The number of aromatic nitrogens is 5. The predicted molar refractivity (Wildman–Crippen MR) is 71.5 cm³/mol. The SMILES string of the molecule is Cc1cnn(CCn2nnc3cccc(C(=O)O)c32)c1. The molecule has 2 heterocycles. The first-order chi connectivity index (χ1) is 9.65. The highest BCUT2D eigenvalue weighted by Gasteiger charge is 2.14. The number of aryl methyl sites for hydroxylation is 3. The lowest BCUT2D eigenvalue weighted by molar-refractivity contribution is 0.0698. The molecule has 0 saturated heterocycles. The highest BCUT2D eigenvalue weighted by molar-refractivity contribution is 6.00. The number of hydrogen-bond donors (Lipinski definition) is 1. The Labute approximate surface area is 114 Å². The van der Waals surface area contributed by atoms with Crippen LogP contribution >= 0.6 is 0 Å². The number of hydrogen-bond acceptors (Lipinski definition) is 4. The van der Waals surface area contributed by atoms with Crippen LogP contribution in [0.3, 0.4) is 0 Å². The van der Waals surface area contributed by atoms with Gasteiger partial charge >= 0.3 is 5.97 Å². The maximum atomic E-state index is 11.3. The van der Waals surface area contributed by atoms with Gasteiger partial charge in [-0.15, -0.1) is 5.10 Å². The van der Waals surface area contributed by atoms with Crippen LogP contribution in [0.1, 0.15) is 15.9 Å². The number of aromatic carboxylic acids is 1. The van der Waals surface area contributed by atoms with Crippen molar-refractivity contribution in [2.45, 2.75) is 20.0 Å². The van der Waals surface area contributed by atoms with Gasteiger partial charge in [-0.05, 0) is 24.6 Å². The second kappa shape index (κ2) is 4.76. The lowest BCUT2D eigenvalue weighted by atomic mass is 10.2. The van der Waals surface area contributed by atoms with E-state index in [1.54, 1.807) is 33.8 Å². The van der Waals surface area contributed by atoms with Crippen LogP contribution in [0.4, 0.5) is 0 Å². The fourth-order valence-corrected chi connectivity index (χ4v) is 2.15. The molecule has 0 amide bonds. The van der Waals surface area contributed by atoms with Crippen molar-refractivity contribution in [1.82, 2.24) is 24.8 Å². The summed E-state index contributed by atoms with van der Waals surface area (Å²) in [6, 6.07) is 4.98. The molecule has 3 aromatic rings. The van der Waals surface area contributed by atoms with E-state index in [4.69, 9.17) is 0 Å². The molecule has 0 saturated carbocycles. The molecule has 2 aromatic heterocycles. The molecular formula is C13H13N5O2. The molecule has 0 aliphatic carbocycles. The molecule has 7 heteroatoms. The first-order valence-electron chi connectivity index (χ1n) is 6.20. The Morgan fingerprint density at radius 3 is 2.90 bits per heavy atom. The number of benzene rings is 1. The zero-order valence-corrected chi connectivity index (χ0v) is 10.9. The molecule has 0 aliphatic heterocycles. The van der Waals surface area contributed by atoms with Gasteiger partial charge in [0.2, 0.25) is 0 Å². The zero-order chi connectivity index (χ0) is 14.1. The van der Waals surface area contributed by atoms with Crippen LogP contribution in [-0.2, 0) is 13.1 Å². The molecule has 0 fully saturated rings. The highest BCUT2D eigenvalue weighted by atomic mass is 16.4. The third-order valence-corrected chi connectivity index (χ3v) is 3.07. The maximum Gasteiger partial charge on any atom is 0.337 e. The predicted octanol–water partition coefficient (Wildman–Crippen LogP) is 1.33. The second-order valence-corrected chi connectivity index (χ2v) is 4.57. The summed E-state index contributed by atoms with van der Waals surface area (Å²) in [7, 11) is 0. The Morgan fingerprint density at radius 2 is 2.20 bits per heavy atom. The largest absolute Gasteiger partial charge is 0.478 e. The monoisotopic (exact) mass is 271 g/mol. The number of carbonyl (C=O) groups is 1. The Balaban J connectivity index is 1.93. The highest BCUT2D eigenvalue weighted by Crippen LogP contribution is 2.16. The van der Waals surface area contributed by atoms with Crippen LogP contribution in [0.25, 0.3) is 11.0 Å². The molecule has 0 bridgehead atoms. The van der Waals surface area contributed by atoms with Crippen molar-refractivity contribution in [3.8, 4) is 0 Å². The molecule has 102 valence electrons. The normalized spacial score (nSPS) is 11.1. The average Bonchev–Trinajstić information content (AvgIpc) is 3.02. The molecule has 1 N–H and O–H groups in total. The number of carboxylic acids is 1. The molecule has 1 aromatic carbocycles. The third kappa shape index (κ3) is 2.13. The molecule has 20 heavy (non-hydrogen) atoms. The van der Waals surface area contributed by atoms with E-state index >= 15 is 0 Å². The molecule has 0 spiro atoms. The summed E-state index contributed by atoms with van der Waals surface area (Å²) < 4.78 is 3.40. The van der Waals surface area contributed by atoms with Crippen molar-refractivity contribution < 1.29 is 9.90 Å². The van der Waals surface area contributed by atoms with Gasteiger partial charge in [0.1, 0.15) is 11.0 Å². The fraction of sp³-hybridized carbons (Fsp3) is 0.231. The van der Waals surface area contributed by atoms with E-state index < -0.39 is 5.97 Å². The zero-order valence-electron chi connectivity index (χ0n) is 10.9. The van der Waals surface area contributed by atoms with E-state index in [-0.39, 0.29) is 5.56 Å². The van der Waals surface area contributed by atoms with Gasteiger partial charge in [-0.1, -0.05) is 11.3 Å². The molecule has 7 nitrogen and oxygen atoms in total. The Kier molecular flexibility index (Phi) is 2.94. The van der Waals surface area contributed by atoms with Crippen LogP contribution in [0.5, 0.6) is 0 Å². The molecule has 3 rings (SSSR count). The van der Waals surface area contributed by atoms with Gasteiger partial charge in [-0.2, -0.15) is 5.10 Å². The molecule has 0 aliphatic rings. The summed E-state index contributed by atoms with van der Waals surface area (Å²) in [4.78, 5) is 11.3. The first-order valence-corrected chi connectivity index (χ1v) is 6.20. The van der Waals surface area contributed by atoms with Crippen LogP contribution in [-0.4, -0.2) is 35.9 Å². The summed E-state index contributed by atoms with van der Waals surface area (Å²) >= 11 is 0. The molecular weight excluding hydrogens is 258 g/mol. The number of carboxylic acid groups (broad SMARTS) is 1. The Hall–Kier alpha value is -2.70. The molecule has 0 unspecified atom stereocenters. The van der Waals surface area contributed by atoms with Crippen molar-refractivity contribution in [3.63, 3.8) is 0 Å². The number of rotatable bonds is 4. The van der Waals surface area contributed by atoms with Crippen molar-refractivity contribution in [1.29, 1.82) is 0 Å². The first kappa shape index (κ1) is 12.3. The van der Waals surface area contributed by atoms with Crippen LogP contribution in [0, 0.1) is 6.92 Å². The van der Waals surface area contributed by atoms with E-state index in [2.05, 4.69) is 15.4 Å². The van der Waals surface area contributed by atoms with Gasteiger partial charge < -0.3 is 5.11 Å². The summed E-state index contributed by atoms with van der Waals surface area (Å²) in [6.45, 7) is 3.10. The second-order valence-electron chi connectivity index (χ2n) is 4.57. The Morgan fingerprint density at radius 1 is 1.35 bits per heavy atom. The van der Waals surface area contributed by atoms with Crippen molar-refractivity contribution >= 4 is 17.0 Å². The van der Waals surface area contributed by atoms with Crippen molar-refractivity contribution in [2.75, 3.05) is 0 Å². The van der Waals surface area contributed by atoms with E-state index in [0.717, 1.165) is 5.56 Å². The van der Waals surface area contributed by atoms with E-state index in [0.29, 0.717) is 24.1 Å². The minimum Gasteiger partial charge on any atom is -0.478 e. The topological polar surface area (TPSA) is 85.8 Å². The minimum atomic E-state index is -0.978. The van der Waals surface area contributed by atoms with Gasteiger partial charge in [0.15, 0.2) is 0 Å². The van der Waals surface area contributed by atoms with Gasteiger partial charge in [-0.3, -0.25) is 4.68 Å². The quantitative estimate of drug-likeness (QED) is 0.773. The number of nitrogens with zero attached hydrogens (tertiary/aromatic N) is 5. The standard InChI is InChI=1S/C13H13N5O2/c1-9-7-14-17(8-9)5-6-18-12-10(13(19)20)3-2-4-11(12)15-16-18/h2-4,7-8H,5-6H2,1H3,(H,19,20). The van der Waals surface area contributed by atoms with Crippen molar-refractivity contribution in [2.24, 2.45) is 0 Å². The third-order valence-electron chi connectivity index (χ3n) is 3.07. The molecule has 0 radical (unpaired) electrons.